The highest BCUT2D eigenvalue weighted by Crippen LogP contribution is 2.25. The Labute approximate surface area is 170 Å². The number of oxazole rings is 1. The highest BCUT2D eigenvalue weighted by atomic mass is 19.1. The first kappa shape index (κ1) is 19.6. The third-order valence-corrected chi connectivity index (χ3v) is 5.27. The molecule has 0 spiro atoms. The van der Waals surface area contributed by atoms with E-state index < -0.39 is 0 Å². The van der Waals surface area contributed by atoms with Crippen molar-refractivity contribution in [3.63, 3.8) is 0 Å². The number of aromatic nitrogens is 1. The molecule has 2 aromatic carbocycles. The normalized spacial score (nSPS) is 15.0. The lowest BCUT2D eigenvalue weighted by atomic mass is 10.1. The summed E-state index contributed by atoms with van der Waals surface area (Å²) in [5, 5.41) is 0. The van der Waals surface area contributed by atoms with Gasteiger partial charge in [0.15, 0.2) is 5.76 Å². The number of hydrogen-bond donors (Lipinski definition) is 0. The van der Waals surface area contributed by atoms with Crippen LogP contribution in [-0.2, 0) is 17.8 Å². The molecule has 0 aliphatic carbocycles. The van der Waals surface area contributed by atoms with E-state index in [1.54, 1.807) is 13.3 Å². The summed E-state index contributed by atoms with van der Waals surface area (Å²) in [7, 11) is 1.65. The van der Waals surface area contributed by atoms with Crippen molar-refractivity contribution < 1.29 is 18.3 Å². The summed E-state index contributed by atoms with van der Waals surface area (Å²) in [6.07, 6.45) is 3.69. The van der Waals surface area contributed by atoms with Crippen LogP contribution >= 0.6 is 0 Å². The molecular formula is C23H25FN2O3. The van der Waals surface area contributed by atoms with Crippen molar-refractivity contribution in [2.75, 3.05) is 20.3 Å². The minimum atomic E-state index is -0.219. The van der Waals surface area contributed by atoms with Crippen molar-refractivity contribution in [1.82, 2.24) is 9.88 Å². The highest BCUT2D eigenvalue weighted by molar-refractivity contribution is 5.57. The van der Waals surface area contributed by atoms with Gasteiger partial charge >= 0.3 is 0 Å². The first-order chi connectivity index (χ1) is 14.2. The lowest BCUT2D eigenvalue weighted by molar-refractivity contribution is 0.0247. The molecule has 0 saturated carbocycles. The third kappa shape index (κ3) is 5.02. The molecule has 1 fully saturated rings. The van der Waals surface area contributed by atoms with Gasteiger partial charge in [-0.15, -0.1) is 0 Å². The number of methoxy groups -OCH3 is 1. The number of benzene rings is 2. The number of halogens is 1. The van der Waals surface area contributed by atoms with Crippen LogP contribution < -0.4 is 4.74 Å². The van der Waals surface area contributed by atoms with Gasteiger partial charge in [0.1, 0.15) is 11.6 Å². The van der Waals surface area contributed by atoms with E-state index in [9.17, 15) is 4.39 Å². The van der Waals surface area contributed by atoms with E-state index in [4.69, 9.17) is 13.9 Å². The van der Waals surface area contributed by atoms with Crippen molar-refractivity contribution in [3.8, 4) is 17.1 Å². The Morgan fingerprint density at radius 3 is 2.45 bits per heavy atom. The predicted molar refractivity (Wildman–Crippen MR) is 108 cm³/mol. The minimum absolute atomic E-state index is 0.219. The molecule has 2 heterocycles. The topological polar surface area (TPSA) is 47.7 Å². The molecule has 1 saturated heterocycles. The molecule has 1 aliphatic rings. The average Bonchev–Trinajstić information content (AvgIpc) is 3.24. The van der Waals surface area contributed by atoms with E-state index >= 15 is 0 Å². The Bertz CT molecular complexity index is 903. The van der Waals surface area contributed by atoms with E-state index in [1.807, 2.05) is 36.4 Å². The van der Waals surface area contributed by atoms with E-state index in [2.05, 4.69) is 9.88 Å². The van der Waals surface area contributed by atoms with Crippen molar-refractivity contribution in [2.45, 2.75) is 32.0 Å². The minimum Gasteiger partial charge on any atom is -0.497 e. The number of hydrogen-bond acceptors (Lipinski definition) is 5. The van der Waals surface area contributed by atoms with Gasteiger partial charge in [0.25, 0.3) is 0 Å². The molecule has 29 heavy (non-hydrogen) atoms. The molecule has 6 heteroatoms. The molecule has 0 N–H and O–H groups in total. The number of nitrogens with zero attached hydrogens (tertiary/aromatic N) is 2. The molecule has 4 rings (SSSR count). The summed E-state index contributed by atoms with van der Waals surface area (Å²) in [4.78, 5) is 6.84. The van der Waals surface area contributed by atoms with Crippen molar-refractivity contribution in [2.24, 2.45) is 0 Å². The van der Waals surface area contributed by atoms with Crippen molar-refractivity contribution >= 4 is 0 Å². The molecule has 5 nitrogen and oxygen atoms in total. The molecule has 3 aromatic rings. The quantitative estimate of drug-likeness (QED) is 0.581. The SMILES string of the molecule is COc1ccc(-c2cnc(CN(Cc3ccc(F)cc3)C3CCOCC3)o2)cc1. The molecule has 152 valence electrons. The zero-order chi connectivity index (χ0) is 20.1. The fourth-order valence-corrected chi connectivity index (χ4v) is 3.63. The van der Waals surface area contributed by atoms with Gasteiger partial charge in [-0.2, -0.15) is 0 Å². The van der Waals surface area contributed by atoms with Crippen LogP contribution in [0.4, 0.5) is 4.39 Å². The van der Waals surface area contributed by atoms with Crippen LogP contribution in [0, 0.1) is 5.82 Å². The Morgan fingerprint density at radius 1 is 1.03 bits per heavy atom. The van der Waals surface area contributed by atoms with Crippen molar-refractivity contribution in [3.05, 3.63) is 72.0 Å². The van der Waals surface area contributed by atoms with Gasteiger partial charge in [0.05, 0.1) is 19.9 Å². The van der Waals surface area contributed by atoms with Gasteiger partial charge in [0, 0.05) is 31.4 Å². The molecule has 0 radical (unpaired) electrons. The number of rotatable bonds is 7. The van der Waals surface area contributed by atoms with Crippen LogP contribution in [0.25, 0.3) is 11.3 Å². The fourth-order valence-electron chi connectivity index (χ4n) is 3.63. The summed E-state index contributed by atoms with van der Waals surface area (Å²) < 4.78 is 30.0. The van der Waals surface area contributed by atoms with Gasteiger partial charge in [-0.05, 0) is 54.8 Å². The number of ether oxygens (including phenoxy) is 2. The van der Waals surface area contributed by atoms with Crippen LogP contribution in [0.3, 0.4) is 0 Å². The second-order valence-corrected chi connectivity index (χ2v) is 7.22. The molecule has 0 unspecified atom stereocenters. The maximum atomic E-state index is 13.3. The smallest absolute Gasteiger partial charge is 0.209 e. The Hall–Kier alpha value is -2.70. The largest absolute Gasteiger partial charge is 0.497 e. The summed E-state index contributed by atoms with van der Waals surface area (Å²) >= 11 is 0. The second kappa shape index (κ2) is 9.20. The van der Waals surface area contributed by atoms with E-state index in [0.29, 0.717) is 25.0 Å². The van der Waals surface area contributed by atoms with E-state index in [1.165, 1.54) is 12.1 Å². The molecule has 1 aliphatic heterocycles. The Balaban J connectivity index is 1.50. The summed E-state index contributed by atoms with van der Waals surface area (Å²) in [5.41, 5.74) is 2.03. The van der Waals surface area contributed by atoms with E-state index in [-0.39, 0.29) is 5.82 Å². The fraction of sp³-hybridized carbons (Fsp3) is 0.348. The van der Waals surface area contributed by atoms with Crippen LogP contribution in [0.2, 0.25) is 0 Å². The Kier molecular flexibility index (Phi) is 6.22. The predicted octanol–water partition coefficient (Wildman–Crippen LogP) is 4.67. The lowest BCUT2D eigenvalue weighted by Crippen LogP contribution is -2.38. The molecule has 0 bridgehead atoms. The van der Waals surface area contributed by atoms with Gasteiger partial charge in [-0.1, -0.05) is 12.1 Å². The molecule has 0 amide bonds. The third-order valence-electron chi connectivity index (χ3n) is 5.27. The first-order valence-electron chi connectivity index (χ1n) is 9.86. The molecule has 1 aromatic heterocycles. The molecule has 0 atom stereocenters. The zero-order valence-electron chi connectivity index (χ0n) is 16.5. The average molecular weight is 396 g/mol. The first-order valence-corrected chi connectivity index (χ1v) is 9.86. The van der Waals surface area contributed by atoms with Gasteiger partial charge < -0.3 is 13.9 Å². The van der Waals surface area contributed by atoms with Crippen LogP contribution in [0.1, 0.15) is 24.3 Å². The van der Waals surface area contributed by atoms with Gasteiger partial charge in [-0.3, -0.25) is 4.90 Å². The maximum absolute atomic E-state index is 13.3. The van der Waals surface area contributed by atoms with Gasteiger partial charge in [0.2, 0.25) is 5.89 Å². The van der Waals surface area contributed by atoms with E-state index in [0.717, 1.165) is 48.7 Å². The maximum Gasteiger partial charge on any atom is 0.209 e. The summed E-state index contributed by atoms with van der Waals surface area (Å²) in [6.45, 7) is 2.82. The van der Waals surface area contributed by atoms with Crippen molar-refractivity contribution in [1.29, 1.82) is 0 Å². The summed E-state index contributed by atoms with van der Waals surface area (Å²) in [5.74, 6) is 1.99. The monoisotopic (exact) mass is 396 g/mol. The lowest BCUT2D eigenvalue weighted by Gasteiger charge is -2.33. The highest BCUT2D eigenvalue weighted by Gasteiger charge is 2.23. The van der Waals surface area contributed by atoms with Crippen LogP contribution in [0.5, 0.6) is 5.75 Å². The zero-order valence-corrected chi connectivity index (χ0v) is 16.5. The standard InChI is InChI=1S/C23H25FN2O3/c1-27-21-8-4-18(5-9-21)22-14-25-23(29-22)16-26(20-10-12-28-13-11-20)15-17-2-6-19(24)7-3-17/h2-9,14,20H,10-13,15-16H2,1H3. The summed E-state index contributed by atoms with van der Waals surface area (Å²) in [6, 6.07) is 14.8. The van der Waals surface area contributed by atoms with Gasteiger partial charge in [-0.25, -0.2) is 9.37 Å². The Morgan fingerprint density at radius 2 is 1.76 bits per heavy atom. The van der Waals surface area contributed by atoms with Crippen LogP contribution in [0.15, 0.2) is 59.1 Å². The molecular weight excluding hydrogens is 371 g/mol. The second-order valence-electron chi connectivity index (χ2n) is 7.22. The van der Waals surface area contributed by atoms with Crippen LogP contribution in [-0.4, -0.2) is 36.2 Å².